The number of hydrogen-bond acceptors (Lipinski definition) is 3. The van der Waals surface area contributed by atoms with Gasteiger partial charge in [0, 0.05) is 18.6 Å². The first-order valence-corrected chi connectivity index (χ1v) is 5.66. The third kappa shape index (κ3) is 1.87. The molecule has 3 rings (SSSR count). The van der Waals surface area contributed by atoms with Crippen LogP contribution in [0.25, 0.3) is 5.69 Å². The first-order chi connectivity index (χ1) is 8.31. The third-order valence-electron chi connectivity index (χ3n) is 3.17. The van der Waals surface area contributed by atoms with Crippen molar-refractivity contribution in [1.29, 1.82) is 0 Å². The summed E-state index contributed by atoms with van der Waals surface area (Å²) in [5.74, 6) is 0. The van der Waals surface area contributed by atoms with E-state index in [9.17, 15) is 5.11 Å². The van der Waals surface area contributed by atoms with Gasteiger partial charge in [-0.15, -0.1) is 0 Å². The average Bonchev–Trinajstić information content (AvgIpc) is 2.94. The maximum Gasteiger partial charge on any atom is 0.0833 e. The molecule has 3 heterocycles. The van der Waals surface area contributed by atoms with Crippen LogP contribution in [0.4, 0.5) is 0 Å². The summed E-state index contributed by atoms with van der Waals surface area (Å²) in [5.41, 5.74) is 0.892. The van der Waals surface area contributed by atoms with Crippen molar-refractivity contribution >= 4 is 0 Å². The number of hydrogen-bond donors (Lipinski definition) is 1. The van der Waals surface area contributed by atoms with Crippen molar-refractivity contribution in [1.82, 2.24) is 14.3 Å². The lowest BCUT2D eigenvalue weighted by molar-refractivity contribution is -0.146. The van der Waals surface area contributed by atoms with Crippen LogP contribution in [-0.4, -0.2) is 39.3 Å². The summed E-state index contributed by atoms with van der Waals surface area (Å²) >= 11 is 0. The van der Waals surface area contributed by atoms with Crippen LogP contribution in [0.2, 0.25) is 0 Å². The van der Waals surface area contributed by atoms with E-state index in [0.29, 0.717) is 19.8 Å². The minimum absolute atomic E-state index is 0.139. The molecule has 0 unspecified atom stereocenters. The number of rotatable bonds is 4. The molecule has 0 saturated carbocycles. The highest BCUT2D eigenvalue weighted by atomic mass is 16.5. The Bertz CT molecular complexity index is 480. The lowest BCUT2D eigenvalue weighted by atomic mass is 9.87. The molecule has 5 heteroatoms. The Kier molecular flexibility index (Phi) is 2.49. The Morgan fingerprint density at radius 3 is 2.71 bits per heavy atom. The summed E-state index contributed by atoms with van der Waals surface area (Å²) in [7, 11) is 0. The number of aliphatic hydroxyl groups is 1. The molecule has 1 aliphatic rings. The quantitative estimate of drug-likeness (QED) is 0.845. The third-order valence-corrected chi connectivity index (χ3v) is 3.17. The minimum atomic E-state index is -0.139. The smallest absolute Gasteiger partial charge is 0.0833 e. The van der Waals surface area contributed by atoms with Gasteiger partial charge in [0.2, 0.25) is 0 Å². The molecule has 2 aromatic heterocycles. The van der Waals surface area contributed by atoms with Crippen LogP contribution >= 0.6 is 0 Å². The minimum Gasteiger partial charge on any atom is -0.396 e. The second-order valence-electron chi connectivity index (χ2n) is 4.64. The van der Waals surface area contributed by atoms with Crippen LogP contribution in [0, 0.1) is 5.41 Å². The Balaban J connectivity index is 1.77. The number of aliphatic hydroxyl groups excluding tert-OH is 1. The van der Waals surface area contributed by atoms with Crippen molar-refractivity contribution in [3.8, 4) is 5.69 Å². The van der Waals surface area contributed by atoms with E-state index in [1.807, 2.05) is 46.2 Å². The second kappa shape index (κ2) is 4.01. The summed E-state index contributed by atoms with van der Waals surface area (Å²) < 4.78 is 9.05. The van der Waals surface area contributed by atoms with Gasteiger partial charge in [-0.25, -0.2) is 0 Å². The topological polar surface area (TPSA) is 52.2 Å². The fourth-order valence-corrected chi connectivity index (χ4v) is 2.05. The van der Waals surface area contributed by atoms with Gasteiger partial charge in [-0.05, 0) is 12.1 Å². The molecule has 0 aliphatic carbocycles. The zero-order valence-corrected chi connectivity index (χ0v) is 9.49. The van der Waals surface area contributed by atoms with E-state index in [0.717, 1.165) is 5.69 Å². The molecule has 0 aromatic carbocycles. The van der Waals surface area contributed by atoms with E-state index in [2.05, 4.69) is 5.10 Å². The molecule has 1 fully saturated rings. The zero-order chi connectivity index (χ0) is 11.7. The number of ether oxygens (including phenoxy) is 1. The molecule has 0 bridgehead atoms. The Labute approximate surface area is 99.2 Å². The Hall–Kier alpha value is -1.59. The lowest BCUT2D eigenvalue weighted by Crippen LogP contribution is -2.48. The second-order valence-corrected chi connectivity index (χ2v) is 4.64. The molecule has 1 N–H and O–H groups in total. The first kappa shape index (κ1) is 10.6. The molecule has 0 spiro atoms. The van der Waals surface area contributed by atoms with Gasteiger partial charge in [-0.1, -0.05) is 0 Å². The molecule has 0 amide bonds. The van der Waals surface area contributed by atoms with Gasteiger partial charge in [-0.2, -0.15) is 5.10 Å². The van der Waals surface area contributed by atoms with Crippen LogP contribution in [-0.2, 0) is 11.3 Å². The maximum atomic E-state index is 9.36. The fourth-order valence-electron chi connectivity index (χ4n) is 2.05. The standard InChI is InChI=1S/C12H15N3O2/c16-8-12(9-17-10-12)7-15-6-11(5-13-15)14-3-1-2-4-14/h1-6,16H,7-10H2. The molecule has 0 atom stereocenters. The Morgan fingerprint density at radius 2 is 2.12 bits per heavy atom. The van der Waals surface area contributed by atoms with Crippen LogP contribution in [0.15, 0.2) is 36.9 Å². The predicted octanol–water partition coefficient (Wildman–Crippen LogP) is 0.683. The van der Waals surface area contributed by atoms with E-state index >= 15 is 0 Å². The summed E-state index contributed by atoms with van der Waals surface area (Å²) in [5, 5.41) is 13.7. The van der Waals surface area contributed by atoms with Crippen LogP contribution in [0.3, 0.4) is 0 Å². The first-order valence-electron chi connectivity index (χ1n) is 5.66. The number of aromatic nitrogens is 3. The van der Waals surface area contributed by atoms with E-state index in [1.54, 1.807) is 0 Å². The van der Waals surface area contributed by atoms with Crippen LogP contribution in [0.1, 0.15) is 0 Å². The molecule has 1 saturated heterocycles. The van der Waals surface area contributed by atoms with Crippen molar-refractivity contribution in [3.63, 3.8) is 0 Å². The fraction of sp³-hybridized carbons (Fsp3) is 0.417. The molecular formula is C12H15N3O2. The van der Waals surface area contributed by atoms with Crippen LogP contribution in [0.5, 0.6) is 0 Å². The predicted molar refractivity (Wildman–Crippen MR) is 61.9 cm³/mol. The van der Waals surface area contributed by atoms with Gasteiger partial charge in [0.1, 0.15) is 0 Å². The summed E-state index contributed by atoms with van der Waals surface area (Å²) in [6.45, 7) is 2.07. The van der Waals surface area contributed by atoms with E-state index in [-0.39, 0.29) is 12.0 Å². The largest absolute Gasteiger partial charge is 0.396 e. The zero-order valence-electron chi connectivity index (χ0n) is 9.49. The Morgan fingerprint density at radius 1 is 1.35 bits per heavy atom. The molecule has 1 aliphatic heterocycles. The SMILES string of the molecule is OCC1(Cn2cc(-n3cccc3)cn2)COC1. The van der Waals surface area contributed by atoms with Crippen molar-refractivity contribution in [2.24, 2.45) is 5.41 Å². The lowest BCUT2D eigenvalue weighted by Gasteiger charge is -2.39. The molecule has 0 radical (unpaired) electrons. The van der Waals surface area contributed by atoms with E-state index in [1.165, 1.54) is 0 Å². The normalized spacial score (nSPS) is 17.9. The average molecular weight is 233 g/mol. The molecule has 2 aromatic rings. The van der Waals surface area contributed by atoms with Gasteiger partial charge >= 0.3 is 0 Å². The molecule has 5 nitrogen and oxygen atoms in total. The van der Waals surface area contributed by atoms with E-state index < -0.39 is 0 Å². The van der Waals surface area contributed by atoms with Crippen molar-refractivity contribution < 1.29 is 9.84 Å². The van der Waals surface area contributed by atoms with Crippen molar-refractivity contribution in [3.05, 3.63) is 36.9 Å². The highest BCUT2D eigenvalue weighted by Gasteiger charge is 2.38. The van der Waals surface area contributed by atoms with Gasteiger partial charge in [0.25, 0.3) is 0 Å². The van der Waals surface area contributed by atoms with Gasteiger partial charge in [0.05, 0.1) is 43.7 Å². The van der Waals surface area contributed by atoms with Gasteiger partial charge in [0.15, 0.2) is 0 Å². The molecule has 90 valence electrons. The highest BCUT2D eigenvalue weighted by molar-refractivity contribution is 5.26. The maximum absolute atomic E-state index is 9.36. The molecular weight excluding hydrogens is 218 g/mol. The van der Waals surface area contributed by atoms with Crippen molar-refractivity contribution in [2.75, 3.05) is 19.8 Å². The van der Waals surface area contributed by atoms with E-state index in [4.69, 9.17) is 4.74 Å². The summed E-state index contributed by atoms with van der Waals surface area (Å²) in [6, 6.07) is 3.96. The van der Waals surface area contributed by atoms with Crippen molar-refractivity contribution in [2.45, 2.75) is 6.54 Å². The molecule has 17 heavy (non-hydrogen) atoms. The van der Waals surface area contributed by atoms with Gasteiger partial charge < -0.3 is 14.4 Å². The van der Waals surface area contributed by atoms with Gasteiger partial charge in [-0.3, -0.25) is 4.68 Å². The highest BCUT2D eigenvalue weighted by Crippen LogP contribution is 2.28. The van der Waals surface area contributed by atoms with Crippen LogP contribution < -0.4 is 0 Å². The summed E-state index contributed by atoms with van der Waals surface area (Å²) in [6.07, 6.45) is 7.77. The summed E-state index contributed by atoms with van der Waals surface area (Å²) in [4.78, 5) is 0. The monoisotopic (exact) mass is 233 g/mol. The number of nitrogens with zero attached hydrogens (tertiary/aromatic N) is 3.